The van der Waals surface area contributed by atoms with Crippen molar-refractivity contribution in [2.45, 2.75) is 26.8 Å². The Bertz CT molecular complexity index is 367. The van der Waals surface area contributed by atoms with Gasteiger partial charge in [-0.3, -0.25) is 9.78 Å². The topological polar surface area (TPSA) is 58.1 Å². The summed E-state index contributed by atoms with van der Waals surface area (Å²) in [6.45, 7) is 6.32. The molecule has 88 valence electrons. The van der Waals surface area contributed by atoms with Crippen LogP contribution in [-0.4, -0.2) is 40.4 Å². The van der Waals surface area contributed by atoms with E-state index in [1.807, 2.05) is 20.8 Å². The van der Waals surface area contributed by atoms with Crippen LogP contribution < -0.4 is 5.32 Å². The Morgan fingerprint density at radius 3 is 2.69 bits per heavy atom. The molecule has 1 rings (SSSR count). The Balaban J connectivity index is 2.68. The summed E-state index contributed by atoms with van der Waals surface area (Å²) >= 11 is 0. The molecule has 0 spiro atoms. The van der Waals surface area contributed by atoms with E-state index in [1.165, 1.54) is 0 Å². The molecule has 1 atom stereocenters. The van der Waals surface area contributed by atoms with Crippen LogP contribution >= 0.6 is 0 Å². The molecular weight excluding hydrogens is 204 g/mol. The summed E-state index contributed by atoms with van der Waals surface area (Å²) in [7, 11) is 1.78. The Kier molecular flexibility index (Phi) is 4.22. The van der Waals surface area contributed by atoms with E-state index in [2.05, 4.69) is 15.3 Å². The number of amides is 1. The van der Waals surface area contributed by atoms with Crippen molar-refractivity contribution < 1.29 is 4.79 Å². The van der Waals surface area contributed by atoms with Gasteiger partial charge in [-0.2, -0.15) is 0 Å². The highest BCUT2D eigenvalue weighted by Crippen LogP contribution is 2.08. The second-order valence-corrected chi connectivity index (χ2v) is 3.71. The van der Waals surface area contributed by atoms with Crippen LogP contribution in [0.15, 0.2) is 12.4 Å². The maximum Gasteiger partial charge on any atom is 0.244 e. The molecule has 1 heterocycles. The lowest BCUT2D eigenvalue weighted by molar-refractivity contribution is -0.130. The van der Waals surface area contributed by atoms with E-state index < -0.39 is 0 Å². The zero-order chi connectivity index (χ0) is 12.1. The largest absolute Gasteiger partial charge is 0.357 e. The molecule has 16 heavy (non-hydrogen) atoms. The molecule has 1 aromatic heterocycles. The number of likely N-dealkylation sites (N-methyl/N-ethyl adjacent to an activating group) is 1. The van der Waals surface area contributed by atoms with Crippen molar-refractivity contribution >= 4 is 11.7 Å². The number of nitrogens with one attached hydrogen (secondary N) is 1. The predicted octanol–water partition coefficient (Wildman–Crippen LogP) is 1.06. The number of aromatic nitrogens is 2. The molecule has 0 aliphatic rings. The highest BCUT2D eigenvalue weighted by atomic mass is 16.2. The number of hydrogen-bond donors (Lipinski definition) is 1. The van der Waals surface area contributed by atoms with Gasteiger partial charge in [0.15, 0.2) is 0 Å². The van der Waals surface area contributed by atoms with Gasteiger partial charge in [0.05, 0.1) is 5.69 Å². The van der Waals surface area contributed by atoms with Crippen LogP contribution in [0.25, 0.3) is 0 Å². The standard InChI is InChI=1S/C11H18N4O/c1-5-15(4)11(16)9(3)14-10-8(2)12-6-7-13-10/h6-7,9H,5H2,1-4H3,(H,13,14). The fourth-order valence-electron chi connectivity index (χ4n) is 1.30. The van der Waals surface area contributed by atoms with Crippen molar-refractivity contribution in [2.24, 2.45) is 0 Å². The third-order valence-corrected chi connectivity index (χ3v) is 2.46. The maximum atomic E-state index is 11.8. The van der Waals surface area contributed by atoms with E-state index >= 15 is 0 Å². The Morgan fingerprint density at radius 1 is 1.50 bits per heavy atom. The predicted molar refractivity (Wildman–Crippen MR) is 63.2 cm³/mol. The number of nitrogens with zero attached hydrogens (tertiary/aromatic N) is 3. The number of aryl methyl sites for hydroxylation is 1. The van der Waals surface area contributed by atoms with E-state index in [0.29, 0.717) is 12.4 Å². The monoisotopic (exact) mass is 222 g/mol. The number of hydrogen-bond acceptors (Lipinski definition) is 4. The van der Waals surface area contributed by atoms with Crippen LogP contribution in [0.2, 0.25) is 0 Å². The minimum atomic E-state index is -0.291. The fraction of sp³-hybridized carbons (Fsp3) is 0.545. The average Bonchev–Trinajstić information content (AvgIpc) is 2.30. The molecule has 1 N–H and O–H groups in total. The van der Waals surface area contributed by atoms with Gasteiger partial charge in [-0.05, 0) is 20.8 Å². The van der Waals surface area contributed by atoms with Crippen LogP contribution in [0.1, 0.15) is 19.5 Å². The minimum absolute atomic E-state index is 0.0487. The van der Waals surface area contributed by atoms with Gasteiger partial charge in [-0.1, -0.05) is 0 Å². The Labute approximate surface area is 95.9 Å². The smallest absolute Gasteiger partial charge is 0.244 e. The minimum Gasteiger partial charge on any atom is -0.357 e. The lowest BCUT2D eigenvalue weighted by Crippen LogP contribution is -2.39. The molecule has 5 nitrogen and oxygen atoms in total. The molecular formula is C11H18N4O. The zero-order valence-corrected chi connectivity index (χ0v) is 10.2. The van der Waals surface area contributed by atoms with Crippen LogP contribution in [0.5, 0.6) is 0 Å². The Hall–Kier alpha value is -1.65. The van der Waals surface area contributed by atoms with Crippen molar-refractivity contribution in [3.63, 3.8) is 0 Å². The third kappa shape index (κ3) is 2.92. The van der Waals surface area contributed by atoms with E-state index in [0.717, 1.165) is 5.69 Å². The van der Waals surface area contributed by atoms with Gasteiger partial charge in [0.25, 0.3) is 0 Å². The van der Waals surface area contributed by atoms with E-state index in [-0.39, 0.29) is 11.9 Å². The molecule has 0 saturated carbocycles. The summed E-state index contributed by atoms with van der Waals surface area (Å²) in [5.41, 5.74) is 0.793. The average molecular weight is 222 g/mol. The summed E-state index contributed by atoms with van der Waals surface area (Å²) in [6.07, 6.45) is 3.24. The first-order valence-corrected chi connectivity index (χ1v) is 5.35. The van der Waals surface area contributed by atoms with Crippen LogP contribution in [-0.2, 0) is 4.79 Å². The lowest BCUT2D eigenvalue weighted by atomic mass is 10.3. The second kappa shape index (κ2) is 5.44. The summed E-state index contributed by atoms with van der Waals surface area (Å²) < 4.78 is 0. The normalized spacial score (nSPS) is 12.0. The van der Waals surface area contributed by atoms with Crippen molar-refractivity contribution in [3.05, 3.63) is 18.1 Å². The number of anilines is 1. The molecule has 0 aliphatic heterocycles. The first kappa shape index (κ1) is 12.4. The summed E-state index contributed by atoms with van der Waals surface area (Å²) in [6, 6.07) is -0.291. The molecule has 1 amide bonds. The van der Waals surface area contributed by atoms with E-state index in [9.17, 15) is 4.79 Å². The maximum absolute atomic E-state index is 11.8. The van der Waals surface area contributed by atoms with Gasteiger partial charge in [0.2, 0.25) is 5.91 Å². The lowest BCUT2D eigenvalue weighted by Gasteiger charge is -2.21. The summed E-state index contributed by atoms with van der Waals surface area (Å²) in [5.74, 6) is 0.709. The van der Waals surface area contributed by atoms with Gasteiger partial charge in [-0.15, -0.1) is 0 Å². The van der Waals surface area contributed by atoms with E-state index in [1.54, 1.807) is 24.3 Å². The molecule has 0 aromatic carbocycles. The molecule has 0 bridgehead atoms. The van der Waals surface area contributed by atoms with Crippen molar-refractivity contribution in [1.82, 2.24) is 14.9 Å². The molecule has 0 saturated heterocycles. The molecule has 0 radical (unpaired) electrons. The van der Waals surface area contributed by atoms with Gasteiger partial charge in [-0.25, -0.2) is 4.98 Å². The van der Waals surface area contributed by atoms with Gasteiger partial charge < -0.3 is 10.2 Å². The van der Waals surface area contributed by atoms with Gasteiger partial charge in [0.1, 0.15) is 11.9 Å². The molecule has 5 heteroatoms. The fourth-order valence-corrected chi connectivity index (χ4v) is 1.30. The SMILES string of the molecule is CCN(C)C(=O)C(C)Nc1nccnc1C. The Morgan fingerprint density at radius 2 is 2.12 bits per heavy atom. The van der Waals surface area contributed by atoms with E-state index in [4.69, 9.17) is 0 Å². The first-order valence-electron chi connectivity index (χ1n) is 5.35. The molecule has 1 aromatic rings. The van der Waals surface area contributed by atoms with Crippen molar-refractivity contribution in [2.75, 3.05) is 18.9 Å². The van der Waals surface area contributed by atoms with Gasteiger partial charge in [0, 0.05) is 26.0 Å². The van der Waals surface area contributed by atoms with Crippen molar-refractivity contribution in [1.29, 1.82) is 0 Å². The molecule has 1 unspecified atom stereocenters. The quantitative estimate of drug-likeness (QED) is 0.827. The first-order chi connectivity index (χ1) is 7.56. The van der Waals surface area contributed by atoms with Crippen LogP contribution in [0, 0.1) is 6.92 Å². The molecule has 0 aliphatic carbocycles. The number of rotatable bonds is 4. The summed E-state index contributed by atoms with van der Waals surface area (Å²) in [4.78, 5) is 21.7. The third-order valence-electron chi connectivity index (χ3n) is 2.46. The zero-order valence-electron chi connectivity index (χ0n) is 10.2. The summed E-state index contributed by atoms with van der Waals surface area (Å²) in [5, 5.41) is 3.06. The second-order valence-electron chi connectivity index (χ2n) is 3.71. The number of carbonyl (C=O) groups excluding carboxylic acids is 1. The van der Waals surface area contributed by atoms with Gasteiger partial charge >= 0.3 is 0 Å². The molecule has 0 fully saturated rings. The van der Waals surface area contributed by atoms with Crippen LogP contribution in [0.4, 0.5) is 5.82 Å². The van der Waals surface area contributed by atoms with Crippen molar-refractivity contribution in [3.8, 4) is 0 Å². The van der Waals surface area contributed by atoms with Crippen LogP contribution in [0.3, 0.4) is 0 Å². The highest BCUT2D eigenvalue weighted by molar-refractivity contribution is 5.83. The highest BCUT2D eigenvalue weighted by Gasteiger charge is 2.17. The number of carbonyl (C=O) groups is 1.